The van der Waals surface area contributed by atoms with Gasteiger partial charge >= 0.3 is 0 Å². The standard InChI is InChI=1S/C16H20BrFN2O/c1-3-15(4-2)20-8-7-14(19-20)11-21-16-6-5-13(18)9-12(16)10-17/h5-9,15H,3-4,10-11H2,1-2H3. The molecule has 0 amide bonds. The molecule has 114 valence electrons. The van der Waals surface area contributed by atoms with Gasteiger partial charge in [-0.05, 0) is 37.1 Å². The summed E-state index contributed by atoms with van der Waals surface area (Å²) in [4.78, 5) is 0. The van der Waals surface area contributed by atoms with Crippen LogP contribution in [0.5, 0.6) is 5.75 Å². The van der Waals surface area contributed by atoms with Gasteiger partial charge in [-0.15, -0.1) is 0 Å². The smallest absolute Gasteiger partial charge is 0.132 e. The second kappa shape index (κ2) is 7.59. The molecular formula is C16H20BrFN2O. The lowest BCUT2D eigenvalue weighted by Gasteiger charge is -2.12. The molecule has 1 aromatic heterocycles. The molecule has 3 nitrogen and oxygen atoms in total. The summed E-state index contributed by atoms with van der Waals surface area (Å²) in [5.41, 5.74) is 1.68. The van der Waals surface area contributed by atoms with Gasteiger partial charge in [0.15, 0.2) is 0 Å². The van der Waals surface area contributed by atoms with Crippen LogP contribution in [-0.4, -0.2) is 9.78 Å². The fourth-order valence-corrected chi connectivity index (χ4v) is 2.70. The molecule has 2 rings (SSSR count). The van der Waals surface area contributed by atoms with Crippen LogP contribution in [0, 0.1) is 5.82 Å². The molecule has 0 aliphatic rings. The van der Waals surface area contributed by atoms with E-state index in [9.17, 15) is 4.39 Å². The number of rotatable bonds is 7. The minimum atomic E-state index is -0.255. The summed E-state index contributed by atoms with van der Waals surface area (Å²) in [6.07, 6.45) is 4.11. The summed E-state index contributed by atoms with van der Waals surface area (Å²) in [7, 11) is 0. The number of benzene rings is 1. The molecule has 1 aromatic carbocycles. The Labute approximate surface area is 133 Å². The number of hydrogen-bond donors (Lipinski definition) is 0. The van der Waals surface area contributed by atoms with Crippen molar-refractivity contribution in [2.75, 3.05) is 0 Å². The van der Waals surface area contributed by atoms with Crippen LogP contribution >= 0.6 is 15.9 Å². The van der Waals surface area contributed by atoms with Crippen LogP contribution in [0.3, 0.4) is 0 Å². The molecule has 0 bridgehead atoms. The minimum absolute atomic E-state index is 0.255. The van der Waals surface area contributed by atoms with Crippen LogP contribution in [0.25, 0.3) is 0 Å². The Morgan fingerprint density at radius 2 is 2.05 bits per heavy atom. The van der Waals surface area contributed by atoms with Gasteiger partial charge in [0, 0.05) is 17.1 Å². The topological polar surface area (TPSA) is 27.1 Å². The number of alkyl halides is 1. The Morgan fingerprint density at radius 3 is 2.71 bits per heavy atom. The van der Waals surface area contributed by atoms with Crippen LogP contribution in [-0.2, 0) is 11.9 Å². The SMILES string of the molecule is CCC(CC)n1ccc(COc2ccc(F)cc2CBr)n1. The Hall–Kier alpha value is -1.36. The van der Waals surface area contributed by atoms with Crippen LogP contribution in [0.15, 0.2) is 30.5 Å². The second-order valence-electron chi connectivity index (χ2n) is 4.93. The summed E-state index contributed by atoms with van der Waals surface area (Å²) in [6.45, 7) is 4.71. The van der Waals surface area contributed by atoms with Gasteiger partial charge in [-0.3, -0.25) is 4.68 Å². The maximum atomic E-state index is 13.2. The molecule has 0 aliphatic heterocycles. The molecule has 0 saturated carbocycles. The zero-order valence-electron chi connectivity index (χ0n) is 12.4. The maximum Gasteiger partial charge on any atom is 0.132 e. The molecule has 0 N–H and O–H groups in total. The molecule has 0 fully saturated rings. The number of hydrogen-bond acceptors (Lipinski definition) is 2. The lowest BCUT2D eigenvalue weighted by atomic mass is 10.2. The highest BCUT2D eigenvalue weighted by Crippen LogP contribution is 2.23. The Balaban J connectivity index is 2.03. The van der Waals surface area contributed by atoms with E-state index >= 15 is 0 Å². The zero-order chi connectivity index (χ0) is 15.2. The summed E-state index contributed by atoms with van der Waals surface area (Å²) in [5, 5.41) is 5.10. The molecule has 0 saturated heterocycles. The molecule has 0 atom stereocenters. The van der Waals surface area contributed by atoms with Crippen molar-refractivity contribution >= 4 is 15.9 Å². The third-order valence-corrected chi connectivity index (χ3v) is 4.13. The molecule has 1 heterocycles. The molecular weight excluding hydrogens is 335 g/mol. The first kappa shape index (κ1) is 16.0. The molecule has 5 heteroatoms. The van der Waals surface area contributed by atoms with E-state index in [1.165, 1.54) is 12.1 Å². The van der Waals surface area contributed by atoms with Crippen molar-refractivity contribution < 1.29 is 9.13 Å². The first-order chi connectivity index (χ1) is 10.2. The van der Waals surface area contributed by atoms with Crippen molar-refractivity contribution in [2.45, 2.75) is 44.7 Å². The number of halogens is 2. The van der Waals surface area contributed by atoms with Crippen LogP contribution in [0.4, 0.5) is 4.39 Å². The summed E-state index contributed by atoms with van der Waals surface area (Å²) >= 11 is 3.34. The number of ether oxygens (including phenoxy) is 1. The third-order valence-electron chi connectivity index (χ3n) is 3.52. The van der Waals surface area contributed by atoms with E-state index in [4.69, 9.17) is 4.74 Å². The van der Waals surface area contributed by atoms with E-state index in [2.05, 4.69) is 34.9 Å². The first-order valence-electron chi connectivity index (χ1n) is 7.19. The highest BCUT2D eigenvalue weighted by Gasteiger charge is 2.09. The molecule has 0 spiro atoms. The van der Waals surface area contributed by atoms with E-state index in [0.29, 0.717) is 23.7 Å². The van der Waals surface area contributed by atoms with E-state index in [0.717, 1.165) is 24.1 Å². The molecule has 21 heavy (non-hydrogen) atoms. The number of nitrogens with zero attached hydrogens (tertiary/aromatic N) is 2. The molecule has 0 radical (unpaired) electrons. The van der Waals surface area contributed by atoms with Crippen molar-refractivity contribution in [3.63, 3.8) is 0 Å². The highest BCUT2D eigenvalue weighted by molar-refractivity contribution is 9.08. The second-order valence-corrected chi connectivity index (χ2v) is 5.49. The first-order valence-corrected chi connectivity index (χ1v) is 8.31. The average Bonchev–Trinajstić information content (AvgIpc) is 2.96. The summed E-state index contributed by atoms with van der Waals surface area (Å²) < 4.78 is 20.9. The van der Waals surface area contributed by atoms with Gasteiger partial charge in [-0.2, -0.15) is 5.10 Å². The summed E-state index contributed by atoms with van der Waals surface area (Å²) in [6, 6.07) is 6.94. The van der Waals surface area contributed by atoms with Gasteiger partial charge < -0.3 is 4.74 Å². The van der Waals surface area contributed by atoms with Crippen molar-refractivity contribution in [2.24, 2.45) is 0 Å². The van der Waals surface area contributed by atoms with E-state index < -0.39 is 0 Å². The van der Waals surface area contributed by atoms with Crippen LogP contribution < -0.4 is 4.74 Å². The minimum Gasteiger partial charge on any atom is -0.487 e. The lowest BCUT2D eigenvalue weighted by Crippen LogP contribution is -2.08. The van der Waals surface area contributed by atoms with Crippen molar-refractivity contribution in [1.29, 1.82) is 0 Å². The molecule has 2 aromatic rings. The maximum absolute atomic E-state index is 13.2. The Kier molecular flexibility index (Phi) is 5.79. The highest BCUT2D eigenvalue weighted by atomic mass is 79.9. The predicted octanol–water partition coefficient (Wildman–Crippen LogP) is 4.86. The number of aromatic nitrogens is 2. The zero-order valence-corrected chi connectivity index (χ0v) is 13.9. The molecule has 0 unspecified atom stereocenters. The fourth-order valence-electron chi connectivity index (χ4n) is 2.27. The van der Waals surface area contributed by atoms with E-state index in [1.807, 2.05) is 16.9 Å². The summed E-state index contributed by atoms with van der Waals surface area (Å²) in [5.74, 6) is 0.431. The normalized spacial score (nSPS) is 11.1. The lowest BCUT2D eigenvalue weighted by molar-refractivity contribution is 0.294. The fraction of sp³-hybridized carbons (Fsp3) is 0.438. The van der Waals surface area contributed by atoms with Crippen molar-refractivity contribution in [3.05, 3.63) is 47.5 Å². The van der Waals surface area contributed by atoms with Crippen molar-refractivity contribution in [3.8, 4) is 5.75 Å². The van der Waals surface area contributed by atoms with Gasteiger partial charge in [0.05, 0.1) is 11.7 Å². The van der Waals surface area contributed by atoms with E-state index in [-0.39, 0.29) is 5.82 Å². The third kappa shape index (κ3) is 4.06. The quantitative estimate of drug-likeness (QED) is 0.664. The van der Waals surface area contributed by atoms with E-state index in [1.54, 1.807) is 6.07 Å². The van der Waals surface area contributed by atoms with Gasteiger partial charge in [0.25, 0.3) is 0 Å². The van der Waals surface area contributed by atoms with Gasteiger partial charge in [0.2, 0.25) is 0 Å². The Morgan fingerprint density at radius 1 is 1.29 bits per heavy atom. The average molecular weight is 355 g/mol. The van der Waals surface area contributed by atoms with Crippen molar-refractivity contribution in [1.82, 2.24) is 9.78 Å². The molecule has 0 aliphatic carbocycles. The Bertz CT molecular complexity index is 581. The van der Waals surface area contributed by atoms with Gasteiger partial charge in [-0.1, -0.05) is 29.8 Å². The monoisotopic (exact) mass is 354 g/mol. The van der Waals surface area contributed by atoms with Gasteiger partial charge in [0.1, 0.15) is 18.2 Å². The van der Waals surface area contributed by atoms with Crippen LogP contribution in [0.1, 0.15) is 44.0 Å². The largest absolute Gasteiger partial charge is 0.487 e. The van der Waals surface area contributed by atoms with Gasteiger partial charge in [-0.25, -0.2) is 4.39 Å². The van der Waals surface area contributed by atoms with Crippen LogP contribution in [0.2, 0.25) is 0 Å². The predicted molar refractivity (Wildman–Crippen MR) is 85.2 cm³/mol.